The lowest BCUT2D eigenvalue weighted by atomic mass is 10.1. The highest BCUT2D eigenvalue weighted by Crippen LogP contribution is 2.17. The van der Waals surface area contributed by atoms with Crippen LogP contribution >= 0.6 is 0 Å². The summed E-state index contributed by atoms with van der Waals surface area (Å²) in [5.74, 6) is 0. The predicted molar refractivity (Wildman–Crippen MR) is 59.7 cm³/mol. The highest BCUT2D eigenvalue weighted by atomic mass is 16.7. The number of hydroxylamine groups is 2. The van der Waals surface area contributed by atoms with Crippen LogP contribution in [0.3, 0.4) is 0 Å². The first-order valence-corrected chi connectivity index (χ1v) is 5.27. The van der Waals surface area contributed by atoms with Gasteiger partial charge < -0.3 is 4.84 Å². The standard InChI is InChI=1S/C9H21NO.C2H6/c1-7-8(2)10(11-6)9(3,4)5;1-2/h8H,7H2,1-6H3;1-2H3. The molecule has 0 aromatic carbocycles. The molecule has 2 nitrogen and oxygen atoms in total. The van der Waals surface area contributed by atoms with Gasteiger partial charge in [0.25, 0.3) is 0 Å². The Bertz CT molecular complexity index is 107. The zero-order valence-corrected chi connectivity index (χ0v) is 10.6. The van der Waals surface area contributed by atoms with E-state index in [0.29, 0.717) is 6.04 Å². The van der Waals surface area contributed by atoms with Gasteiger partial charge in [-0.1, -0.05) is 20.8 Å². The van der Waals surface area contributed by atoms with E-state index in [2.05, 4.69) is 34.6 Å². The summed E-state index contributed by atoms with van der Waals surface area (Å²) in [4.78, 5) is 5.30. The molecule has 0 saturated heterocycles. The molecule has 0 spiro atoms. The second kappa shape index (κ2) is 7.34. The molecule has 1 atom stereocenters. The van der Waals surface area contributed by atoms with Crippen molar-refractivity contribution < 1.29 is 4.84 Å². The van der Waals surface area contributed by atoms with E-state index < -0.39 is 0 Å². The zero-order chi connectivity index (χ0) is 11.1. The van der Waals surface area contributed by atoms with E-state index in [-0.39, 0.29) is 5.54 Å². The first-order valence-electron chi connectivity index (χ1n) is 5.27. The Morgan fingerprint density at radius 1 is 1.23 bits per heavy atom. The molecule has 0 rings (SSSR count). The molecular formula is C11H27NO. The fourth-order valence-corrected chi connectivity index (χ4v) is 1.28. The molecule has 0 N–H and O–H groups in total. The summed E-state index contributed by atoms with van der Waals surface area (Å²) >= 11 is 0. The molecule has 1 unspecified atom stereocenters. The van der Waals surface area contributed by atoms with Gasteiger partial charge in [0, 0.05) is 11.6 Å². The number of hydrogen-bond acceptors (Lipinski definition) is 2. The van der Waals surface area contributed by atoms with Crippen LogP contribution in [0.2, 0.25) is 0 Å². The summed E-state index contributed by atoms with van der Waals surface area (Å²) in [7, 11) is 1.73. The van der Waals surface area contributed by atoms with Crippen molar-refractivity contribution in [1.82, 2.24) is 5.06 Å². The minimum Gasteiger partial charge on any atom is -0.302 e. The third kappa shape index (κ3) is 6.05. The fourth-order valence-electron chi connectivity index (χ4n) is 1.28. The Morgan fingerprint density at radius 2 is 1.62 bits per heavy atom. The molecule has 0 aromatic rings. The summed E-state index contributed by atoms with van der Waals surface area (Å²) in [6, 6.07) is 0.486. The molecule has 2 heteroatoms. The first-order chi connectivity index (χ1) is 5.93. The van der Waals surface area contributed by atoms with Crippen molar-refractivity contribution in [2.75, 3.05) is 7.11 Å². The van der Waals surface area contributed by atoms with Crippen LogP contribution in [0.15, 0.2) is 0 Å². The highest BCUT2D eigenvalue weighted by Gasteiger charge is 2.24. The largest absolute Gasteiger partial charge is 0.302 e. The molecule has 0 bridgehead atoms. The summed E-state index contributed by atoms with van der Waals surface area (Å²) in [6.45, 7) is 14.8. The van der Waals surface area contributed by atoms with Crippen LogP contribution in [0, 0.1) is 0 Å². The van der Waals surface area contributed by atoms with Gasteiger partial charge in [0.05, 0.1) is 7.11 Å². The van der Waals surface area contributed by atoms with E-state index in [0.717, 1.165) is 6.42 Å². The SMILES string of the molecule is CC.CCC(C)N(OC)C(C)(C)C. The monoisotopic (exact) mass is 189 g/mol. The average molecular weight is 189 g/mol. The third-order valence-corrected chi connectivity index (χ3v) is 1.85. The van der Waals surface area contributed by atoms with Crippen molar-refractivity contribution in [1.29, 1.82) is 0 Å². The minimum atomic E-state index is 0.101. The number of nitrogens with zero attached hydrogens (tertiary/aromatic N) is 1. The van der Waals surface area contributed by atoms with Crippen LogP contribution in [-0.4, -0.2) is 23.8 Å². The van der Waals surface area contributed by atoms with Crippen molar-refractivity contribution in [2.24, 2.45) is 0 Å². The van der Waals surface area contributed by atoms with Crippen LogP contribution < -0.4 is 0 Å². The number of hydrogen-bond donors (Lipinski definition) is 0. The normalized spacial score (nSPS) is 13.6. The molecule has 0 aliphatic rings. The van der Waals surface area contributed by atoms with Gasteiger partial charge in [0.2, 0.25) is 0 Å². The van der Waals surface area contributed by atoms with Gasteiger partial charge >= 0.3 is 0 Å². The summed E-state index contributed by atoms with van der Waals surface area (Å²) in [5, 5.41) is 2.03. The zero-order valence-electron chi connectivity index (χ0n) is 10.6. The van der Waals surface area contributed by atoms with Gasteiger partial charge in [0.1, 0.15) is 0 Å². The Labute approximate surface area is 84.2 Å². The van der Waals surface area contributed by atoms with Crippen LogP contribution in [0.4, 0.5) is 0 Å². The molecule has 0 saturated carbocycles. The van der Waals surface area contributed by atoms with E-state index in [1.54, 1.807) is 7.11 Å². The smallest absolute Gasteiger partial charge is 0.0575 e. The van der Waals surface area contributed by atoms with Gasteiger partial charge in [0.15, 0.2) is 0 Å². The van der Waals surface area contributed by atoms with Gasteiger partial charge in [-0.3, -0.25) is 0 Å². The van der Waals surface area contributed by atoms with Crippen molar-refractivity contribution in [3.8, 4) is 0 Å². The maximum Gasteiger partial charge on any atom is 0.0575 e. The Kier molecular flexibility index (Phi) is 8.69. The van der Waals surface area contributed by atoms with Crippen LogP contribution in [0.5, 0.6) is 0 Å². The maximum atomic E-state index is 5.30. The molecular weight excluding hydrogens is 162 g/mol. The quantitative estimate of drug-likeness (QED) is 0.630. The Balaban J connectivity index is 0. The summed E-state index contributed by atoms with van der Waals surface area (Å²) in [6.07, 6.45) is 1.12. The van der Waals surface area contributed by atoms with Crippen LogP contribution in [0.25, 0.3) is 0 Å². The Hall–Kier alpha value is -0.0800. The summed E-state index contributed by atoms with van der Waals surface area (Å²) in [5.41, 5.74) is 0.101. The average Bonchev–Trinajstić information content (AvgIpc) is 2.06. The molecule has 0 aliphatic heterocycles. The second-order valence-corrected chi connectivity index (χ2v) is 3.94. The van der Waals surface area contributed by atoms with E-state index in [1.807, 2.05) is 18.9 Å². The number of rotatable bonds is 3. The van der Waals surface area contributed by atoms with E-state index in [1.165, 1.54) is 0 Å². The second-order valence-electron chi connectivity index (χ2n) is 3.94. The maximum absolute atomic E-state index is 5.30. The highest BCUT2D eigenvalue weighted by molar-refractivity contribution is 4.73. The molecule has 0 aliphatic carbocycles. The van der Waals surface area contributed by atoms with Gasteiger partial charge in [-0.05, 0) is 34.1 Å². The molecule has 82 valence electrons. The predicted octanol–water partition coefficient (Wildman–Crippen LogP) is 3.47. The fraction of sp³-hybridized carbons (Fsp3) is 1.00. The van der Waals surface area contributed by atoms with E-state index in [4.69, 9.17) is 4.84 Å². The van der Waals surface area contributed by atoms with E-state index in [9.17, 15) is 0 Å². The van der Waals surface area contributed by atoms with Gasteiger partial charge in [-0.15, -0.1) is 0 Å². The van der Waals surface area contributed by atoms with Crippen LogP contribution in [0.1, 0.15) is 54.9 Å². The Morgan fingerprint density at radius 3 is 1.69 bits per heavy atom. The molecule has 0 heterocycles. The molecule has 0 fully saturated rings. The molecule has 0 aromatic heterocycles. The van der Waals surface area contributed by atoms with Crippen LogP contribution in [-0.2, 0) is 4.84 Å². The van der Waals surface area contributed by atoms with Crippen molar-refractivity contribution in [3.05, 3.63) is 0 Å². The summed E-state index contributed by atoms with van der Waals surface area (Å²) < 4.78 is 0. The van der Waals surface area contributed by atoms with Gasteiger partial charge in [-0.25, -0.2) is 0 Å². The third-order valence-electron chi connectivity index (χ3n) is 1.85. The molecule has 0 radical (unpaired) electrons. The minimum absolute atomic E-state index is 0.101. The lowest BCUT2D eigenvalue weighted by Crippen LogP contribution is -2.45. The lowest BCUT2D eigenvalue weighted by Gasteiger charge is -2.37. The first kappa shape index (κ1) is 15.4. The lowest BCUT2D eigenvalue weighted by molar-refractivity contribution is -0.211. The van der Waals surface area contributed by atoms with Crippen molar-refractivity contribution >= 4 is 0 Å². The molecule has 13 heavy (non-hydrogen) atoms. The van der Waals surface area contributed by atoms with Crippen molar-refractivity contribution in [2.45, 2.75) is 66.5 Å². The van der Waals surface area contributed by atoms with Crippen molar-refractivity contribution in [3.63, 3.8) is 0 Å². The van der Waals surface area contributed by atoms with Gasteiger partial charge in [-0.2, -0.15) is 5.06 Å². The topological polar surface area (TPSA) is 12.5 Å². The molecule has 0 amide bonds. The van der Waals surface area contributed by atoms with E-state index >= 15 is 0 Å².